The van der Waals surface area contributed by atoms with Crippen LogP contribution in [0.3, 0.4) is 0 Å². The van der Waals surface area contributed by atoms with Crippen LogP contribution in [0.15, 0.2) is 23.4 Å². The van der Waals surface area contributed by atoms with E-state index in [2.05, 4.69) is 15.5 Å². The number of carbonyl (C=O) groups excluding carboxylic acids is 3. The Morgan fingerprint density at radius 2 is 1.86 bits per heavy atom. The predicted molar refractivity (Wildman–Crippen MR) is 139 cm³/mol. The first-order valence-corrected chi connectivity index (χ1v) is 12.8. The number of esters is 1. The molecule has 2 heterocycles. The lowest BCUT2D eigenvalue weighted by Gasteiger charge is -2.10. The minimum atomic E-state index is -0.619. The second-order valence-electron chi connectivity index (χ2n) is 8.23. The zero-order valence-electron chi connectivity index (χ0n) is 21.3. The summed E-state index contributed by atoms with van der Waals surface area (Å²) < 4.78 is 12.5. The Morgan fingerprint density at radius 3 is 2.53 bits per heavy atom. The molecule has 0 radical (unpaired) electrons. The number of ether oxygens (including phenoxy) is 2. The Morgan fingerprint density at radius 1 is 1.14 bits per heavy atom. The third-order valence-corrected chi connectivity index (χ3v) is 7.77. The number of rotatable bonds is 9. The van der Waals surface area contributed by atoms with Gasteiger partial charge in [-0.25, -0.2) is 4.79 Å². The number of aromatic nitrogens is 3. The molecule has 0 aliphatic heterocycles. The van der Waals surface area contributed by atoms with E-state index in [0.29, 0.717) is 21.4 Å². The van der Waals surface area contributed by atoms with Crippen LogP contribution in [0.1, 0.15) is 42.5 Å². The fourth-order valence-corrected chi connectivity index (χ4v) is 5.23. The van der Waals surface area contributed by atoms with Crippen LogP contribution in [0.2, 0.25) is 0 Å². The average molecular weight is 532 g/mol. The van der Waals surface area contributed by atoms with Crippen LogP contribution in [0, 0.1) is 20.8 Å². The smallest absolute Gasteiger partial charge is 0.341 e. The van der Waals surface area contributed by atoms with Crippen LogP contribution in [0.5, 0.6) is 5.75 Å². The topological polar surface area (TPSA) is 116 Å². The molecule has 0 atom stereocenters. The summed E-state index contributed by atoms with van der Waals surface area (Å²) in [6, 6.07) is 5.87. The summed E-state index contributed by atoms with van der Waals surface area (Å²) in [5, 5.41) is 11.9. The first-order chi connectivity index (χ1) is 17.0. The maximum absolute atomic E-state index is 12.7. The molecule has 0 aliphatic rings. The van der Waals surface area contributed by atoms with Crippen molar-refractivity contribution in [2.75, 3.05) is 32.3 Å². The molecule has 12 heteroatoms. The molecule has 0 bridgehead atoms. The summed E-state index contributed by atoms with van der Waals surface area (Å²) in [4.78, 5) is 39.3. The summed E-state index contributed by atoms with van der Waals surface area (Å²) in [5.41, 5.74) is 2.85. The molecule has 10 nitrogen and oxygen atoms in total. The molecule has 0 aliphatic carbocycles. The Bertz CT molecular complexity index is 1300. The minimum Gasteiger partial charge on any atom is -0.485 e. The van der Waals surface area contributed by atoms with Crippen molar-refractivity contribution in [3.63, 3.8) is 0 Å². The van der Waals surface area contributed by atoms with Gasteiger partial charge in [0.2, 0.25) is 5.91 Å². The second kappa shape index (κ2) is 11.6. The Hall–Kier alpha value is -3.38. The van der Waals surface area contributed by atoms with Gasteiger partial charge in [-0.05, 0) is 43.5 Å². The van der Waals surface area contributed by atoms with Gasteiger partial charge in [-0.15, -0.1) is 21.5 Å². The molecular formula is C24H29N5O5S2. The molecule has 2 amide bonds. The summed E-state index contributed by atoms with van der Waals surface area (Å²) >= 11 is 2.25. The Balaban J connectivity index is 1.67. The van der Waals surface area contributed by atoms with Crippen LogP contribution < -0.4 is 10.1 Å². The molecule has 1 aromatic carbocycles. The highest BCUT2D eigenvalue weighted by Gasteiger charge is 2.27. The molecule has 0 fully saturated rings. The van der Waals surface area contributed by atoms with Crippen LogP contribution in [0.4, 0.5) is 5.00 Å². The number of anilines is 1. The van der Waals surface area contributed by atoms with Crippen LogP contribution in [-0.2, 0) is 23.2 Å². The van der Waals surface area contributed by atoms with E-state index in [9.17, 15) is 14.4 Å². The van der Waals surface area contributed by atoms with E-state index in [1.165, 1.54) is 23.8 Å². The van der Waals surface area contributed by atoms with Crippen molar-refractivity contribution in [3.05, 3.63) is 51.2 Å². The molecular weight excluding hydrogens is 502 g/mol. The first kappa shape index (κ1) is 27.2. The Labute approximate surface area is 218 Å². The Kier molecular flexibility index (Phi) is 8.75. The number of methoxy groups -OCH3 is 1. The van der Waals surface area contributed by atoms with Crippen molar-refractivity contribution >= 4 is 45.9 Å². The van der Waals surface area contributed by atoms with E-state index >= 15 is 0 Å². The number of nitrogens with one attached hydrogen (secondary N) is 1. The molecule has 2 aromatic heterocycles. The molecule has 192 valence electrons. The van der Waals surface area contributed by atoms with E-state index in [1.807, 2.05) is 32.0 Å². The standard InChI is InChI=1S/C24H29N5O5S2/c1-13-9-8-10-16(14(13)2)34-11-17-26-27-24(29(17)6)35-12-18(30)25-21-19(23(32)33-7)15(3)20(36-21)22(31)28(4)5/h8-10H,11-12H2,1-7H3,(H,25,30). The third-order valence-electron chi connectivity index (χ3n) is 5.56. The fourth-order valence-electron chi connectivity index (χ4n) is 3.27. The molecule has 0 saturated heterocycles. The molecule has 3 aromatic rings. The summed E-state index contributed by atoms with van der Waals surface area (Å²) in [6.45, 7) is 5.92. The van der Waals surface area contributed by atoms with Crippen molar-refractivity contribution in [1.29, 1.82) is 0 Å². The third kappa shape index (κ3) is 5.88. The van der Waals surface area contributed by atoms with E-state index in [4.69, 9.17) is 9.47 Å². The van der Waals surface area contributed by atoms with Gasteiger partial charge in [-0.2, -0.15) is 0 Å². The van der Waals surface area contributed by atoms with Gasteiger partial charge in [0.25, 0.3) is 5.91 Å². The van der Waals surface area contributed by atoms with Gasteiger partial charge in [-0.1, -0.05) is 23.9 Å². The van der Waals surface area contributed by atoms with E-state index in [-0.39, 0.29) is 34.7 Å². The SMILES string of the molecule is COC(=O)c1c(NC(=O)CSc2nnc(COc3cccc(C)c3C)n2C)sc(C(=O)N(C)C)c1C. The minimum absolute atomic E-state index is 0.0261. The second-order valence-corrected chi connectivity index (χ2v) is 10.2. The first-order valence-electron chi connectivity index (χ1n) is 11.0. The number of aryl methyl sites for hydroxylation is 1. The lowest BCUT2D eigenvalue weighted by atomic mass is 10.1. The number of amides is 2. The highest BCUT2D eigenvalue weighted by atomic mass is 32.2. The molecule has 0 unspecified atom stereocenters. The van der Waals surface area contributed by atoms with Crippen molar-refractivity contribution in [2.45, 2.75) is 32.5 Å². The van der Waals surface area contributed by atoms with Gasteiger partial charge in [-0.3, -0.25) is 9.59 Å². The van der Waals surface area contributed by atoms with Crippen LogP contribution in [-0.4, -0.2) is 64.4 Å². The van der Waals surface area contributed by atoms with Gasteiger partial charge in [0.1, 0.15) is 17.4 Å². The molecule has 1 N–H and O–H groups in total. The zero-order valence-corrected chi connectivity index (χ0v) is 22.9. The van der Waals surface area contributed by atoms with E-state index in [0.717, 1.165) is 28.2 Å². The molecule has 0 spiro atoms. The number of hydrogen-bond donors (Lipinski definition) is 1. The summed E-state index contributed by atoms with van der Waals surface area (Å²) in [7, 11) is 6.30. The van der Waals surface area contributed by atoms with Crippen LogP contribution >= 0.6 is 23.1 Å². The quantitative estimate of drug-likeness (QED) is 0.329. The number of thioether (sulfide) groups is 1. The zero-order chi connectivity index (χ0) is 26.6. The highest BCUT2D eigenvalue weighted by Crippen LogP contribution is 2.34. The highest BCUT2D eigenvalue weighted by molar-refractivity contribution is 7.99. The van der Waals surface area contributed by atoms with Gasteiger partial charge in [0, 0.05) is 21.1 Å². The molecule has 36 heavy (non-hydrogen) atoms. The van der Waals surface area contributed by atoms with Crippen molar-refractivity contribution in [3.8, 4) is 5.75 Å². The van der Waals surface area contributed by atoms with Gasteiger partial charge >= 0.3 is 5.97 Å². The fraction of sp³-hybridized carbons (Fsp3) is 0.375. The maximum Gasteiger partial charge on any atom is 0.341 e. The number of hydrogen-bond acceptors (Lipinski definition) is 9. The normalized spacial score (nSPS) is 10.8. The molecule has 3 rings (SSSR count). The van der Waals surface area contributed by atoms with Gasteiger partial charge < -0.3 is 24.3 Å². The lowest BCUT2D eigenvalue weighted by Crippen LogP contribution is -2.21. The van der Waals surface area contributed by atoms with Crippen molar-refractivity contribution in [2.24, 2.45) is 7.05 Å². The maximum atomic E-state index is 12.7. The van der Waals surface area contributed by atoms with E-state index < -0.39 is 5.97 Å². The van der Waals surface area contributed by atoms with E-state index in [1.54, 1.807) is 32.6 Å². The number of carbonyl (C=O) groups is 3. The summed E-state index contributed by atoms with van der Waals surface area (Å²) in [6.07, 6.45) is 0. The number of benzene rings is 1. The summed E-state index contributed by atoms with van der Waals surface area (Å²) in [5.74, 6) is 0.196. The average Bonchev–Trinajstić information content (AvgIpc) is 3.36. The largest absolute Gasteiger partial charge is 0.485 e. The van der Waals surface area contributed by atoms with Gasteiger partial charge in [0.05, 0.1) is 23.3 Å². The van der Waals surface area contributed by atoms with Crippen LogP contribution in [0.25, 0.3) is 0 Å². The van der Waals surface area contributed by atoms with Gasteiger partial charge in [0.15, 0.2) is 11.0 Å². The van der Waals surface area contributed by atoms with Crippen molar-refractivity contribution in [1.82, 2.24) is 19.7 Å². The number of thiophene rings is 1. The van der Waals surface area contributed by atoms with Crippen molar-refractivity contribution < 1.29 is 23.9 Å². The molecule has 0 saturated carbocycles. The monoisotopic (exact) mass is 531 g/mol. The lowest BCUT2D eigenvalue weighted by molar-refractivity contribution is -0.113. The number of nitrogens with zero attached hydrogens (tertiary/aromatic N) is 4. The predicted octanol–water partition coefficient (Wildman–Crippen LogP) is 3.60.